The van der Waals surface area contributed by atoms with Crippen LogP contribution in [0.15, 0.2) is 0 Å². The Labute approximate surface area is 89.6 Å². The molecule has 0 saturated carbocycles. The average Bonchev–Trinajstić information content (AvgIpc) is 2.40. The van der Waals surface area contributed by atoms with E-state index in [1.54, 1.807) is 11.3 Å². The Morgan fingerprint density at radius 3 is 2.29 bits per heavy atom. The van der Waals surface area contributed by atoms with Crippen LogP contribution in [0.25, 0.3) is 0 Å². The van der Waals surface area contributed by atoms with Gasteiger partial charge in [-0.25, -0.2) is 0 Å². The topological polar surface area (TPSA) is 35.8 Å². The van der Waals surface area contributed by atoms with Crippen molar-refractivity contribution in [2.45, 2.75) is 33.2 Å². The zero-order chi connectivity index (χ0) is 10.9. The van der Waals surface area contributed by atoms with E-state index in [2.05, 4.69) is 32.2 Å². The number of nitrogens with one attached hydrogen (secondary N) is 1. The molecule has 1 rings (SSSR count). The van der Waals surface area contributed by atoms with Crippen LogP contribution in [0.1, 0.15) is 34.7 Å². The molecule has 0 atom stereocenters. The Hall–Kier alpha value is -0.850. The third kappa shape index (κ3) is 1.68. The predicted molar refractivity (Wildman–Crippen MR) is 60.6 cm³/mol. The maximum Gasteiger partial charge on any atom is 0.101 e. The summed E-state index contributed by atoms with van der Waals surface area (Å²) in [5.74, 6) is 0. The van der Waals surface area contributed by atoms with Crippen LogP contribution in [0.2, 0.25) is 0 Å². The maximum absolute atomic E-state index is 9.10. The molecule has 14 heavy (non-hydrogen) atoms. The molecule has 0 saturated heterocycles. The second-order valence-corrected chi connectivity index (χ2v) is 5.38. The standard InChI is InChI=1S/C11H16N2S/c1-7-9(6-12)10(8(2)14-7)11(3,4)13-5/h13H,1-5H3. The molecule has 1 N–H and O–H groups in total. The number of hydrogen-bond donors (Lipinski definition) is 1. The zero-order valence-electron chi connectivity index (χ0n) is 9.36. The van der Waals surface area contributed by atoms with E-state index in [1.807, 2.05) is 14.0 Å². The van der Waals surface area contributed by atoms with Gasteiger partial charge in [-0.1, -0.05) is 0 Å². The molecule has 0 bridgehead atoms. The van der Waals surface area contributed by atoms with E-state index in [4.69, 9.17) is 5.26 Å². The molecule has 76 valence electrons. The molecule has 1 aromatic heterocycles. The van der Waals surface area contributed by atoms with Gasteiger partial charge in [0, 0.05) is 20.9 Å². The first-order chi connectivity index (χ1) is 6.44. The predicted octanol–water partition coefficient (Wildman–Crippen LogP) is 2.69. The molecule has 0 fully saturated rings. The molecule has 0 aliphatic rings. The van der Waals surface area contributed by atoms with Crippen LogP contribution >= 0.6 is 11.3 Å². The summed E-state index contributed by atoms with van der Waals surface area (Å²) in [6.45, 7) is 8.28. The Kier molecular flexibility index (Phi) is 2.98. The van der Waals surface area contributed by atoms with Crippen LogP contribution < -0.4 is 5.32 Å². The molecule has 0 aliphatic heterocycles. The van der Waals surface area contributed by atoms with Crippen molar-refractivity contribution in [3.05, 3.63) is 20.9 Å². The van der Waals surface area contributed by atoms with Crippen molar-refractivity contribution >= 4 is 11.3 Å². The van der Waals surface area contributed by atoms with Crippen LogP contribution in [-0.4, -0.2) is 7.05 Å². The summed E-state index contributed by atoms with van der Waals surface area (Å²) in [6.07, 6.45) is 0. The third-order valence-corrected chi connectivity index (χ3v) is 3.64. The number of rotatable bonds is 2. The summed E-state index contributed by atoms with van der Waals surface area (Å²) in [5.41, 5.74) is 1.86. The van der Waals surface area contributed by atoms with Crippen LogP contribution in [0.4, 0.5) is 0 Å². The SMILES string of the molecule is CNC(C)(C)c1c(C)sc(C)c1C#N. The molecule has 0 aliphatic carbocycles. The van der Waals surface area contributed by atoms with Gasteiger partial charge in [0.2, 0.25) is 0 Å². The molecular formula is C11H16N2S. The van der Waals surface area contributed by atoms with Crippen LogP contribution in [0.5, 0.6) is 0 Å². The van der Waals surface area contributed by atoms with Crippen LogP contribution in [0, 0.1) is 25.2 Å². The zero-order valence-corrected chi connectivity index (χ0v) is 10.2. The highest BCUT2D eigenvalue weighted by Crippen LogP contribution is 2.34. The largest absolute Gasteiger partial charge is 0.311 e. The Balaban J connectivity index is 3.41. The van der Waals surface area contributed by atoms with Gasteiger partial charge in [-0.05, 0) is 34.7 Å². The molecule has 0 aromatic carbocycles. The third-order valence-electron chi connectivity index (χ3n) is 2.62. The monoisotopic (exact) mass is 208 g/mol. The quantitative estimate of drug-likeness (QED) is 0.811. The highest BCUT2D eigenvalue weighted by molar-refractivity contribution is 7.12. The van der Waals surface area contributed by atoms with Crippen molar-refractivity contribution in [1.29, 1.82) is 5.26 Å². The molecule has 0 radical (unpaired) electrons. The van der Waals surface area contributed by atoms with Crippen LogP contribution in [-0.2, 0) is 5.54 Å². The lowest BCUT2D eigenvalue weighted by Gasteiger charge is -2.25. The van der Waals surface area contributed by atoms with Gasteiger partial charge < -0.3 is 5.32 Å². The van der Waals surface area contributed by atoms with E-state index in [1.165, 1.54) is 4.88 Å². The van der Waals surface area contributed by atoms with E-state index in [0.717, 1.165) is 16.0 Å². The maximum atomic E-state index is 9.10. The van der Waals surface area contributed by atoms with Crippen molar-refractivity contribution in [2.24, 2.45) is 0 Å². The second-order valence-electron chi connectivity index (χ2n) is 3.95. The lowest BCUT2D eigenvalue weighted by Crippen LogP contribution is -2.34. The van der Waals surface area contributed by atoms with Gasteiger partial charge in [-0.15, -0.1) is 11.3 Å². The van der Waals surface area contributed by atoms with E-state index >= 15 is 0 Å². The molecule has 0 amide bonds. The minimum absolute atomic E-state index is 0.125. The molecule has 1 aromatic rings. The molecule has 0 unspecified atom stereocenters. The van der Waals surface area contributed by atoms with Crippen molar-refractivity contribution in [3.8, 4) is 6.07 Å². The summed E-state index contributed by atoms with van der Waals surface area (Å²) in [4.78, 5) is 2.35. The van der Waals surface area contributed by atoms with E-state index in [-0.39, 0.29) is 5.54 Å². The van der Waals surface area contributed by atoms with Crippen LogP contribution in [0.3, 0.4) is 0 Å². The van der Waals surface area contributed by atoms with Crippen molar-refractivity contribution in [1.82, 2.24) is 5.32 Å². The van der Waals surface area contributed by atoms with Crippen molar-refractivity contribution in [3.63, 3.8) is 0 Å². The van der Waals surface area contributed by atoms with Gasteiger partial charge in [-0.2, -0.15) is 5.26 Å². The highest BCUT2D eigenvalue weighted by Gasteiger charge is 2.26. The van der Waals surface area contributed by atoms with E-state index < -0.39 is 0 Å². The normalized spacial score (nSPS) is 11.4. The summed E-state index contributed by atoms with van der Waals surface area (Å²) >= 11 is 1.70. The summed E-state index contributed by atoms with van der Waals surface area (Å²) in [6, 6.07) is 2.30. The fraction of sp³-hybridized carbons (Fsp3) is 0.545. The Morgan fingerprint density at radius 1 is 1.29 bits per heavy atom. The molecule has 2 nitrogen and oxygen atoms in total. The van der Waals surface area contributed by atoms with E-state index in [0.29, 0.717) is 0 Å². The average molecular weight is 208 g/mol. The fourth-order valence-corrected chi connectivity index (χ4v) is 2.86. The van der Waals surface area contributed by atoms with E-state index in [9.17, 15) is 0 Å². The molecular weight excluding hydrogens is 192 g/mol. The van der Waals surface area contributed by atoms with Gasteiger partial charge in [0.05, 0.1) is 5.56 Å². The summed E-state index contributed by atoms with van der Waals surface area (Å²) in [7, 11) is 1.92. The van der Waals surface area contributed by atoms with Gasteiger partial charge in [-0.3, -0.25) is 0 Å². The lowest BCUT2D eigenvalue weighted by molar-refractivity contribution is 0.443. The molecule has 1 heterocycles. The number of hydrogen-bond acceptors (Lipinski definition) is 3. The number of aryl methyl sites for hydroxylation is 2. The lowest BCUT2D eigenvalue weighted by atomic mass is 9.91. The number of nitrogens with zero attached hydrogens (tertiary/aromatic N) is 1. The van der Waals surface area contributed by atoms with Gasteiger partial charge >= 0.3 is 0 Å². The van der Waals surface area contributed by atoms with Crippen molar-refractivity contribution in [2.75, 3.05) is 7.05 Å². The molecule has 3 heteroatoms. The van der Waals surface area contributed by atoms with Gasteiger partial charge in [0.25, 0.3) is 0 Å². The minimum Gasteiger partial charge on any atom is -0.311 e. The second kappa shape index (κ2) is 3.72. The summed E-state index contributed by atoms with van der Waals surface area (Å²) in [5, 5.41) is 12.3. The minimum atomic E-state index is -0.125. The Bertz CT molecular complexity index is 383. The smallest absolute Gasteiger partial charge is 0.101 e. The van der Waals surface area contributed by atoms with Gasteiger partial charge in [0.15, 0.2) is 0 Å². The first-order valence-corrected chi connectivity index (χ1v) is 5.45. The number of thiophene rings is 1. The number of nitriles is 1. The summed E-state index contributed by atoms with van der Waals surface area (Å²) < 4.78 is 0. The molecule has 0 spiro atoms. The highest BCUT2D eigenvalue weighted by atomic mass is 32.1. The fourth-order valence-electron chi connectivity index (χ4n) is 1.70. The van der Waals surface area contributed by atoms with Gasteiger partial charge in [0.1, 0.15) is 6.07 Å². The Morgan fingerprint density at radius 2 is 1.86 bits per heavy atom. The van der Waals surface area contributed by atoms with Crippen molar-refractivity contribution < 1.29 is 0 Å². The first-order valence-electron chi connectivity index (χ1n) is 4.63. The first kappa shape index (κ1) is 11.2.